The number of aliphatic hydroxyl groups excluding tert-OH is 1. The number of aromatic amines is 1. The van der Waals surface area contributed by atoms with Crippen molar-refractivity contribution in [1.82, 2.24) is 25.1 Å². The van der Waals surface area contributed by atoms with Crippen LogP contribution in [0.15, 0.2) is 90.1 Å². The number of hydrogen-bond acceptors (Lipinski definition) is 5. The van der Waals surface area contributed by atoms with Crippen LogP contribution >= 0.6 is 0 Å². The number of amides is 1. The SMILES string of the molecule is O=C(N[C@@H](c1ccccc1)C(O)c1ccccc1)c1cnc(-n2cccn2)[nH]c1=O. The number of nitrogens with one attached hydrogen (secondary N) is 2. The zero-order chi connectivity index (χ0) is 20.9. The molecule has 0 aliphatic carbocycles. The van der Waals surface area contributed by atoms with E-state index in [2.05, 4.69) is 20.4 Å². The molecule has 0 spiro atoms. The number of rotatable bonds is 6. The van der Waals surface area contributed by atoms with Crippen LogP contribution in [-0.4, -0.2) is 30.8 Å². The first-order chi connectivity index (χ1) is 14.6. The number of hydrogen-bond donors (Lipinski definition) is 3. The monoisotopic (exact) mass is 401 g/mol. The van der Waals surface area contributed by atoms with Gasteiger partial charge in [-0.05, 0) is 17.2 Å². The lowest BCUT2D eigenvalue weighted by atomic mass is 9.95. The minimum Gasteiger partial charge on any atom is -0.386 e. The molecule has 0 aliphatic heterocycles. The lowest BCUT2D eigenvalue weighted by molar-refractivity contribution is 0.0829. The summed E-state index contributed by atoms with van der Waals surface area (Å²) >= 11 is 0. The molecule has 2 aromatic heterocycles. The van der Waals surface area contributed by atoms with Crippen LogP contribution in [0, 0.1) is 0 Å². The highest BCUT2D eigenvalue weighted by molar-refractivity contribution is 5.93. The first-order valence-corrected chi connectivity index (χ1v) is 9.31. The minimum atomic E-state index is -1.01. The van der Waals surface area contributed by atoms with Gasteiger partial charge in [0.2, 0.25) is 5.95 Å². The molecule has 0 fully saturated rings. The fourth-order valence-electron chi connectivity index (χ4n) is 3.12. The summed E-state index contributed by atoms with van der Waals surface area (Å²) in [6.45, 7) is 0. The zero-order valence-corrected chi connectivity index (χ0v) is 15.8. The van der Waals surface area contributed by atoms with Gasteiger partial charge in [0.1, 0.15) is 11.7 Å². The molecule has 1 amide bonds. The maximum Gasteiger partial charge on any atom is 0.265 e. The van der Waals surface area contributed by atoms with Gasteiger partial charge >= 0.3 is 0 Å². The number of H-pyrrole nitrogens is 1. The van der Waals surface area contributed by atoms with Gasteiger partial charge in [-0.3, -0.25) is 14.6 Å². The van der Waals surface area contributed by atoms with E-state index >= 15 is 0 Å². The van der Waals surface area contributed by atoms with Gasteiger partial charge in [-0.25, -0.2) is 9.67 Å². The fourth-order valence-corrected chi connectivity index (χ4v) is 3.12. The third kappa shape index (κ3) is 4.03. The van der Waals surface area contributed by atoms with Crippen LogP contribution in [0.1, 0.15) is 33.6 Å². The van der Waals surface area contributed by atoms with E-state index in [0.29, 0.717) is 11.1 Å². The molecule has 30 heavy (non-hydrogen) atoms. The van der Waals surface area contributed by atoms with Crippen molar-refractivity contribution in [3.8, 4) is 5.95 Å². The normalized spacial score (nSPS) is 12.8. The van der Waals surface area contributed by atoms with Crippen molar-refractivity contribution in [3.63, 3.8) is 0 Å². The van der Waals surface area contributed by atoms with Crippen LogP contribution in [0.5, 0.6) is 0 Å². The molecular formula is C22H19N5O3. The molecule has 0 radical (unpaired) electrons. The average molecular weight is 401 g/mol. The van der Waals surface area contributed by atoms with Gasteiger partial charge in [-0.1, -0.05) is 60.7 Å². The standard InChI is InChI=1S/C22H19N5O3/c28-19(16-10-5-2-6-11-16)18(15-8-3-1-4-9-15)25-20(29)17-14-23-22(26-21(17)30)27-13-7-12-24-27/h1-14,18-19,28H,(H,25,29)(H,23,26,30)/t18-,19?/m0/s1. The van der Waals surface area contributed by atoms with Crippen molar-refractivity contribution >= 4 is 5.91 Å². The number of carbonyl (C=O) groups excluding carboxylic acids is 1. The summed E-state index contributed by atoms with van der Waals surface area (Å²) in [7, 11) is 0. The molecule has 3 N–H and O–H groups in total. The number of aliphatic hydroxyl groups is 1. The Kier molecular flexibility index (Phi) is 5.49. The lowest BCUT2D eigenvalue weighted by Gasteiger charge is -2.25. The Morgan fingerprint density at radius 2 is 1.67 bits per heavy atom. The summed E-state index contributed by atoms with van der Waals surface area (Å²) in [6, 6.07) is 19.1. The van der Waals surface area contributed by atoms with Crippen LogP contribution < -0.4 is 10.9 Å². The van der Waals surface area contributed by atoms with E-state index < -0.39 is 23.6 Å². The van der Waals surface area contributed by atoms with Gasteiger partial charge in [-0.2, -0.15) is 5.10 Å². The van der Waals surface area contributed by atoms with Crippen LogP contribution in [0.4, 0.5) is 0 Å². The Morgan fingerprint density at radius 1 is 1.00 bits per heavy atom. The predicted molar refractivity (Wildman–Crippen MR) is 110 cm³/mol. The summed E-state index contributed by atoms with van der Waals surface area (Å²) in [5, 5.41) is 17.7. The summed E-state index contributed by atoms with van der Waals surface area (Å²) in [5.41, 5.74) is 0.591. The number of benzene rings is 2. The van der Waals surface area contributed by atoms with Gasteiger partial charge in [0.05, 0.1) is 6.04 Å². The second-order valence-electron chi connectivity index (χ2n) is 6.62. The summed E-state index contributed by atoms with van der Waals surface area (Å²) in [6.07, 6.45) is 3.37. The van der Waals surface area contributed by atoms with E-state index in [1.807, 2.05) is 36.4 Å². The molecule has 8 heteroatoms. The third-order valence-electron chi connectivity index (χ3n) is 4.65. The van der Waals surface area contributed by atoms with E-state index in [-0.39, 0.29) is 11.5 Å². The molecule has 4 aromatic rings. The van der Waals surface area contributed by atoms with E-state index in [0.717, 1.165) is 0 Å². The first-order valence-electron chi connectivity index (χ1n) is 9.31. The van der Waals surface area contributed by atoms with E-state index in [1.54, 1.807) is 42.7 Å². The molecule has 0 bridgehead atoms. The highest BCUT2D eigenvalue weighted by Gasteiger charge is 2.26. The van der Waals surface area contributed by atoms with Crippen molar-refractivity contribution in [2.24, 2.45) is 0 Å². The molecule has 150 valence electrons. The van der Waals surface area contributed by atoms with Gasteiger partial charge < -0.3 is 10.4 Å². The van der Waals surface area contributed by atoms with Crippen LogP contribution in [0.2, 0.25) is 0 Å². The highest BCUT2D eigenvalue weighted by atomic mass is 16.3. The van der Waals surface area contributed by atoms with Crippen molar-refractivity contribution in [3.05, 3.63) is 112 Å². The van der Waals surface area contributed by atoms with Gasteiger partial charge in [0, 0.05) is 18.6 Å². The van der Waals surface area contributed by atoms with E-state index in [1.165, 1.54) is 10.9 Å². The Hall–Kier alpha value is -4.04. The fraction of sp³-hybridized carbons (Fsp3) is 0.0909. The Labute approximate surface area is 171 Å². The molecular weight excluding hydrogens is 382 g/mol. The Bertz CT molecular complexity index is 1170. The molecule has 1 unspecified atom stereocenters. The van der Waals surface area contributed by atoms with Crippen LogP contribution in [0.25, 0.3) is 5.95 Å². The van der Waals surface area contributed by atoms with Gasteiger partial charge in [-0.15, -0.1) is 0 Å². The highest BCUT2D eigenvalue weighted by Crippen LogP contribution is 2.28. The topological polar surface area (TPSA) is 113 Å². The third-order valence-corrected chi connectivity index (χ3v) is 4.65. The zero-order valence-electron chi connectivity index (χ0n) is 15.8. The maximum atomic E-state index is 12.9. The molecule has 0 aliphatic rings. The second kappa shape index (κ2) is 8.54. The maximum absolute atomic E-state index is 12.9. The van der Waals surface area contributed by atoms with E-state index in [4.69, 9.17) is 0 Å². The smallest absolute Gasteiger partial charge is 0.265 e. The number of nitrogens with zero attached hydrogens (tertiary/aromatic N) is 3. The first kappa shape index (κ1) is 19.3. The summed E-state index contributed by atoms with van der Waals surface area (Å²) < 4.78 is 1.38. The van der Waals surface area contributed by atoms with Gasteiger partial charge in [0.25, 0.3) is 11.5 Å². The van der Waals surface area contributed by atoms with Crippen molar-refractivity contribution in [2.75, 3.05) is 0 Å². The molecule has 0 saturated carbocycles. The minimum absolute atomic E-state index is 0.160. The van der Waals surface area contributed by atoms with Crippen molar-refractivity contribution in [2.45, 2.75) is 12.1 Å². The van der Waals surface area contributed by atoms with Crippen LogP contribution in [-0.2, 0) is 0 Å². The van der Waals surface area contributed by atoms with Crippen LogP contribution in [0.3, 0.4) is 0 Å². The molecule has 8 nitrogen and oxygen atoms in total. The Balaban J connectivity index is 1.63. The largest absolute Gasteiger partial charge is 0.386 e. The van der Waals surface area contributed by atoms with Crippen molar-refractivity contribution in [1.29, 1.82) is 0 Å². The average Bonchev–Trinajstić information content (AvgIpc) is 3.33. The number of carbonyl (C=O) groups is 1. The van der Waals surface area contributed by atoms with Gasteiger partial charge in [0.15, 0.2) is 0 Å². The molecule has 2 atom stereocenters. The second-order valence-corrected chi connectivity index (χ2v) is 6.62. The molecule has 2 aromatic carbocycles. The quantitative estimate of drug-likeness (QED) is 0.458. The lowest BCUT2D eigenvalue weighted by Crippen LogP contribution is -2.36. The predicted octanol–water partition coefficient (Wildman–Crippen LogP) is 2.16. The number of aromatic nitrogens is 4. The molecule has 0 saturated heterocycles. The van der Waals surface area contributed by atoms with Crippen molar-refractivity contribution < 1.29 is 9.90 Å². The summed E-state index contributed by atoms with van der Waals surface area (Å²) in [5.74, 6) is -0.440. The molecule has 4 rings (SSSR count). The molecule has 2 heterocycles. The van der Waals surface area contributed by atoms with E-state index in [9.17, 15) is 14.7 Å². The Morgan fingerprint density at radius 3 is 2.27 bits per heavy atom. The summed E-state index contributed by atoms with van der Waals surface area (Å²) in [4.78, 5) is 32.0.